The predicted molar refractivity (Wildman–Crippen MR) is 308 cm³/mol. The first kappa shape index (κ1) is 55.3. The van der Waals surface area contributed by atoms with Crippen LogP contribution in [-0.4, -0.2) is 79.8 Å². The second-order valence-electron chi connectivity index (χ2n) is 23.2. The number of fused-ring (bicyclic) bond motifs is 7. The Kier molecular flexibility index (Phi) is 16.2. The largest absolute Gasteiger partial charge is 0.496 e. The SMILES string of the molecule is COc1cc(C(C)(C)[C@@H](CCCCCN=[N+]=[N-])c2ccccc2)cc(OC)c1[C@H]1C=C(CNC(=O)CCCCCNC(=O)c2ccc3c(c2)C(=O)OC32c3ccc(N(C)C)cc3Oc3cc(N(C)C)ccc32)[C@H]2C[C@@H]1C2(C)C. The van der Waals surface area contributed by atoms with E-state index < -0.39 is 11.6 Å². The van der Waals surface area contributed by atoms with Crippen LogP contribution in [0.2, 0.25) is 0 Å². The lowest BCUT2D eigenvalue weighted by atomic mass is 9.45. The van der Waals surface area contributed by atoms with Crippen LogP contribution in [0.3, 0.4) is 0 Å². The molecule has 10 rings (SSSR count). The van der Waals surface area contributed by atoms with Crippen molar-refractivity contribution in [1.82, 2.24) is 10.6 Å². The van der Waals surface area contributed by atoms with Gasteiger partial charge >= 0.3 is 5.97 Å². The molecule has 3 aliphatic carbocycles. The lowest BCUT2D eigenvalue weighted by Gasteiger charge is -2.59. The number of carbonyl (C=O) groups is 3. The Morgan fingerprint density at radius 2 is 1.45 bits per heavy atom. The van der Waals surface area contributed by atoms with Gasteiger partial charge in [-0.3, -0.25) is 9.59 Å². The molecule has 0 saturated heterocycles. The Morgan fingerprint density at radius 3 is 2.06 bits per heavy atom. The number of allylic oxidation sites excluding steroid dienone is 1. The van der Waals surface area contributed by atoms with Crippen molar-refractivity contribution < 1.29 is 33.3 Å². The van der Waals surface area contributed by atoms with Crippen LogP contribution < -0.4 is 34.6 Å². The fourth-order valence-corrected chi connectivity index (χ4v) is 12.9. The van der Waals surface area contributed by atoms with Gasteiger partial charge in [0.15, 0.2) is 5.60 Å². The van der Waals surface area contributed by atoms with Gasteiger partial charge in [0.05, 0.1) is 19.8 Å². The number of benzene rings is 5. The zero-order chi connectivity index (χ0) is 55.5. The van der Waals surface area contributed by atoms with Crippen LogP contribution in [0, 0.1) is 17.3 Å². The van der Waals surface area contributed by atoms with Crippen molar-refractivity contribution in [3.8, 4) is 23.0 Å². The number of methoxy groups -OCH3 is 2. The van der Waals surface area contributed by atoms with Crippen molar-refractivity contribution in [1.29, 1.82) is 0 Å². The number of esters is 1. The number of nitrogens with one attached hydrogen (secondary N) is 2. The Morgan fingerprint density at radius 1 is 0.808 bits per heavy atom. The first-order chi connectivity index (χ1) is 37.4. The highest BCUT2D eigenvalue weighted by molar-refractivity contribution is 6.01. The van der Waals surface area contributed by atoms with Gasteiger partial charge in [-0.1, -0.05) is 100 Å². The number of unbranched alkanes of at least 4 members (excludes halogenated alkanes) is 4. The minimum atomic E-state index is -1.25. The molecule has 5 aliphatic rings. The molecule has 2 N–H and O–H groups in total. The van der Waals surface area contributed by atoms with Gasteiger partial charge in [-0.25, -0.2) is 4.79 Å². The van der Waals surface area contributed by atoms with Crippen LogP contribution in [0.25, 0.3) is 10.4 Å². The van der Waals surface area contributed by atoms with Crippen LogP contribution >= 0.6 is 0 Å². The molecule has 1 fully saturated rings. The Balaban J connectivity index is 0.811. The molecule has 14 nitrogen and oxygen atoms in total. The predicted octanol–water partition coefficient (Wildman–Crippen LogP) is 13.1. The fourth-order valence-electron chi connectivity index (χ4n) is 12.9. The van der Waals surface area contributed by atoms with E-state index in [0.29, 0.717) is 90.0 Å². The van der Waals surface area contributed by atoms with Gasteiger partial charge < -0.3 is 39.4 Å². The van der Waals surface area contributed by atoms with Crippen LogP contribution in [0.15, 0.2) is 114 Å². The lowest BCUT2D eigenvalue weighted by molar-refractivity contribution is -0.121. The maximum absolute atomic E-state index is 13.8. The standard InChI is InChI=1S/C64H77N7O7/c1-62(2,48(40-20-14-11-15-21-40)22-16-12-19-31-68-69-65)43-34-56(75-9)59(57(35-43)76-10)46-33-42(52-38-53(46)63(52,3)4)39-67-58(72)23-17-13-18-30-66-60(73)41-24-27-49-47(32-41)61(74)78-64(49)50-28-25-44(70(5)6)36-54(50)77-55-37-45(71(7)8)26-29-51(55)64/h11,14-15,20-21,24-29,32-37,46,48,52-53H,12-13,16-19,22-23,30-31,38-39H2,1-10H3,(H,66,73)(H,67,72)/t46-,48-,52+,53-/m0/s1. The summed E-state index contributed by atoms with van der Waals surface area (Å²) in [6.45, 7) is 10.8. The summed E-state index contributed by atoms with van der Waals surface area (Å²) in [6.07, 6.45) is 9.80. The molecular weight excluding hydrogens is 979 g/mol. The molecule has 0 unspecified atom stereocenters. The third-order valence-electron chi connectivity index (χ3n) is 17.6. The molecule has 5 aromatic rings. The molecule has 5 aromatic carbocycles. The molecule has 1 saturated carbocycles. The van der Waals surface area contributed by atoms with E-state index in [1.54, 1.807) is 26.4 Å². The van der Waals surface area contributed by atoms with E-state index in [2.05, 4.69) is 96.9 Å². The Labute approximate surface area is 460 Å². The molecule has 2 heterocycles. The van der Waals surface area contributed by atoms with E-state index in [9.17, 15) is 14.4 Å². The Hall–Kier alpha value is -7.44. The number of azide groups is 1. The molecule has 4 atom stereocenters. The third kappa shape index (κ3) is 10.5. The number of ether oxygens (including phenoxy) is 4. The van der Waals surface area contributed by atoms with Gasteiger partial charge in [0.1, 0.15) is 23.0 Å². The van der Waals surface area contributed by atoms with Crippen LogP contribution in [0.1, 0.15) is 151 Å². The lowest BCUT2D eigenvalue weighted by Crippen LogP contribution is -2.52. The minimum absolute atomic E-state index is 0.00924. The van der Waals surface area contributed by atoms with E-state index in [1.807, 2.05) is 80.5 Å². The molecule has 0 aromatic heterocycles. The summed E-state index contributed by atoms with van der Waals surface area (Å²) >= 11 is 0. The van der Waals surface area contributed by atoms with E-state index >= 15 is 0 Å². The van der Waals surface area contributed by atoms with Gasteiger partial charge in [0.2, 0.25) is 5.91 Å². The normalized spacial score (nSPS) is 18.3. The monoisotopic (exact) mass is 1060 g/mol. The number of rotatable bonds is 23. The zero-order valence-electron chi connectivity index (χ0n) is 47.2. The van der Waals surface area contributed by atoms with E-state index in [0.717, 1.165) is 72.5 Å². The van der Waals surface area contributed by atoms with Crippen LogP contribution in [0.5, 0.6) is 23.0 Å². The van der Waals surface area contributed by atoms with Crippen molar-refractivity contribution >= 4 is 29.2 Å². The summed E-state index contributed by atoms with van der Waals surface area (Å²) in [5, 5.41) is 10.0. The van der Waals surface area contributed by atoms with Crippen LogP contribution in [-0.2, 0) is 20.5 Å². The van der Waals surface area contributed by atoms with Crippen molar-refractivity contribution in [3.05, 3.63) is 164 Å². The average Bonchev–Trinajstić information content (AvgIpc) is 3.71. The number of anilines is 2. The highest BCUT2D eigenvalue weighted by Crippen LogP contribution is 2.65. The molecule has 2 amide bonds. The molecule has 1 spiro atoms. The molecule has 14 heteroatoms. The van der Waals surface area contributed by atoms with Gasteiger partial charge in [-0.05, 0) is 126 Å². The molecule has 2 aliphatic heterocycles. The molecule has 410 valence electrons. The first-order valence-corrected chi connectivity index (χ1v) is 27.7. The zero-order valence-corrected chi connectivity index (χ0v) is 47.2. The second kappa shape index (κ2) is 22.9. The van der Waals surface area contributed by atoms with E-state index in [1.165, 1.54) is 11.1 Å². The van der Waals surface area contributed by atoms with Gasteiger partial charge in [0, 0.05) is 116 Å². The summed E-state index contributed by atoms with van der Waals surface area (Å²) in [5.41, 5.74) is 16.7. The van der Waals surface area contributed by atoms with E-state index in [-0.39, 0.29) is 34.5 Å². The maximum atomic E-state index is 13.8. The smallest absolute Gasteiger partial charge is 0.340 e. The maximum Gasteiger partial charge on any atom is 0.340 e. The molecule has 0 radical (unpaired) electrons. The summed E-state index contributed by atoms with van der Waals surface area (Å²) in [5.74, 6) is 3.09. The number of hydrogen-bond acceptors (Lipinski definition) is 10. The number of carbonyl (C=O) groups excluding carboxylic acids is 3. The van der Waals surface area contributed by atoms with E-state index in [4.69, 9.17) is 24.5 Å². The van der Waals surface area contributed by atoms with Crippen molar-refractivity contribution in [2.24, 2.45) is 22.4 Å². The highest BCUT2D eigenvalue weighted by Gasteiger charge is 2.57. The second-order valence-corrected chi connectivity index (χ2v) is 23.2. The van der Waals surface area contributed by atoms with Gasteiger partial charge in [-0.2, -0.15) is 0 Å². The van der Waals surface area contributed by atoms with Crippen LogP contribution in [0.4, 0.5) is 11.4 Å². The van der Waals surface area contributed by atoms with Gasteiger partial charge in [0.25, 0.3) is 5.91 Å². The first-order valence-electron chi connectivity index (χ1n) is 27.7. The summed E-state index contributed by atoms with van der Waals surface area (Å²) in [7, 11) is 11.4. The topological polar surface area (TPSA) is 167 Å². The Bertz CT molecular complexity index is 3060. The summed E-state index contributed by atoms with van der Waals surface area (Å²) < 4.78 is 25.5. The average molecular weight is 1060 g/mol. The molecule has 2 bridgehead atoms. The van der Waals surface area contributed by atoms with Gasteiger partial charge in [-0.15, -0.1) is 0 Å². The summed E-state index contributed by atoms with van der Waals surface area (Å²) in [4.78, 5) is 47.7. The number of amides is 2. The van der Waals surface area contributed by atoms with Crippen molar-refractivity contribution in [2.45, 2.75) is 108 Å². The summed E-state index contributed by atoms with van der Waals surface area (Å²) in [6, 6.07) is 32.2. The third-order valence-corrected chi connectivity index (χ3v) is 17.6. The highest BCUT2D eigenvalue weighted by atomic mass is 16.6. The molecular formula is C64H77N7O7. The minimum Gasteiger partial charge on any atom is -0.496 e. The quantitative estimate of drug-likeness (QED) is 0.0162. The van der Waals surface area contributed by atoms with Crippen molar-refractivity contribution in [3.63, 3.8) is 0 Å². The van der Waals surface area contributed by atoms with Crippen molar-refractivity contribution in [2.75, 3.05) is 71.8 Å². The molecule has 78 heavy (non-hydrogen) atoms. The fraction of sp³-hybridized carbons (Fsp3) is 0.453. The number of nitrogens with zero attached hydrogens (tertiary/aromatic N) is 5. The number of hydrogen-bond donors (Lipinski definition) is 2.